The van der Waals surface area contributed by atoms with Gasteiger partial charge in [-0.1, -0.05) is 0 Å². The Bertz CT molecular complexity index is 545. The second-order valence-electron chi connectivity index (χ2n) is 4.01. The number of nitrogens with two attached hydrogens (primary N) is 1. The molecule has 0 spiro atoms. The van der Waals surface area contributed by atoms with Crippen molar-refractivity contribution in [2.24, 2.45) is 5.73 Å². The predicted molar refractivity (Wildman–Crippen MR) is 65.0 cm³/mol. The first kappa shape index (κ1) is 11.6. The molecule has 92 valence electrons. The zero-order valence-electron chi connectivity index (χ0n) is 9.68. The number of hydrogen-bond donors (Lipinski definition) is 3. The summed E-state index contributed by atoms with van der Waals surface area (Å²) >= 11 is 0. The molecule has 2 aromatic rings. The summed E-state index contributed by atoms with van der Waals surface area (Å²) < 4.78 is 1.36. The molecule has 7 heteroatoms. The van der Waals surface area contributed by atoms with E-state index in [0.717, 1.165) is 12.8 Å². The molecule has 17 heavy (non-hydrogen) atoms. The highest BCUT2D eigenvalue weighted by Gasteiger charge is 2.05. The quantitative estimate of drug-likeness (QED) is 0.676. The number of nitrogens with zero attached hydrogens (tertiary/aromatic N) is 3. The van der Waals surface area contributed by atoms with Gasteiger partial charge in [-0.2, -0.15) is 5.10 Å². The van der Waals surface area contributed by atoms with Gasteiger partial charge in [0.2, 0.25) is 0 Å². The smallest absolute Gasteiger partial charge is 0.348 e. The van der Waals surface area contributed by atoms with E-state index < -0.39 is 0 Å². The lowest BCUT2D eigenvalue weighted by Gasteiger charge is -2.13. The van der Waals surface area contributed by atoms with Crippen molar-refractivity contribution in [3.05, 3.63) is 22.9 Å². The van der Waals surface area contributed by atoms with Crippen LogP contribution in [-0.2, 0) is 0 Å². The Morgan fingerprint density at radius 3 is 3.24 bits per heavy atom. The number of rotatable bonds is 5. The van der Waals surface area contributed by atoms with E-state index >= 15 is 0 Å². The van der Waals surface area contributed by atoms with Gasteiger partial charge in [-0.25, -0.2) is 19.3 Å². The molecule has 0 aliphatic rings. The SMILES string of the molecule is CC(CCCN)Nc1cc2n[nH]c(=O)n2cn1. The van der Waals surface area contributed by atoms with Crippen molar-refractivity contribution in [1.82, 2.24) is 19.6 Å². The number of hydrogen-bond acceptors (Lipinski definition) is 5. The third kappa shape index (κ3) is 2.62. The summed E-state index contributed by atoms with van der Waals surface area (Å²) in [5, 5.41) is 9.48. The predicted octanol–water partition coefficient (Wildman–Crippen LogP) is -0.0431. The molecule has 0 radical (unpaired) electrons. The Hall–Kier alpha value is -1.89. The summed E-state index contributed by atoms with van der Waals surface area (Å²) in [6.07, 6.45) is 3.41. The van der Waals surface area contributed by atoms with E-state index in [1.165, 1.54) is 10.7 Å². The molecule has 0 saturated heterocycles. The molecule has 2 aromatic heterocycles. The van der Waals surface area contributed by atoms with Gasteiger partial charge in [0, 0.05) is 12.1 Å². The lowest BCUT2D eigenvalue weighted by molar-refractivity contribution is 0.660. The van der Waals surface area contributed by atoms with Gasteiger partial charge < -0.3 is 11.1 Å². The van der Waals surface area contributed by atoms with Crippen molar-refractivity contribution < 1.29 is 0 Å². The van der Waals surface area contributed by atoms with Crippen LogP contribution >= 0.6 is 0 Å². The van der Waals surface area contributed by atoms with Gasteiger partial charge in [0.25, 0.3) is 0 Å². The second-order valence-corrected chi connectivity index (χ2v) is 4.01. The summed E-state index contributed by atoms with van der Waals surface area (Å²) in [4.78, 5) is 15.4. The number of nitrogens with one attached hydrogen (secondary N) is 2. The minimum Gasteiger partial charge on any atom is -0.367 e. The molecule has 0 saturated carbocycles. The van der Waals surface area contributed by atoms with E-state index in [2.05, 4.69) is 27.4 Å². The fourth-order valence-electron chi connectivity index (χ4n) is 1.64. The topological polar surface area (TPSA) is 101 Å². The first-order chi connectivity index (χ1) is 8.20. The standard InChI is InChI=1S/C10H16N6O/c1-7(3-2-4-11)13-8-5-9-14-15-10(17)16(9)6-12-8/h5-7,13H,2-4,11H2,1H3,(H,15,17). The van der Waals surface area contributed by atoms with Crippen LogP contribution in [0.5, 0.6) is 0 Å². The van der Waals surface area contributed by atoms with Crippen LogP contribution in [0.25, 0.3) is 5.65 Å². The molecule has 0 aliphatic heterocycles. The number of fused-ring (bicyclic) bond motifs is 1. The summed E-state index contributed by atoms with van der Waals surface area (Å²) in [5.41, 5.74) is 5.72. The largest absolute Gasteiger partial charge is 0.367 e. The van der Waals surface area contributed by atoms with E-state index in [1.807, 2.05) is 0 Å². The van der Waals surface area contributed by atoms with E-state index in [4.69, 9.17) is 5.73 Å². The molecule has 0 fully saturated rings. The zero-order chi connectivity index (χ0) is 12.3. The zero-order valence-corrected chi connectivity index (χ0v) is 9.68. The Balaban J connectivity index is 2.11. The summed E-state index contributed by atoms with van der Waals surface area (Å²) in [6, 6.07) is 2.02. The maximum Gasteiger partial charge on any atom is 0.348 e. The van der Waals surface area contributed by atoms with Crippen molar-refractivity contribution in [3.63, 3.8) is 0 Å². The molecule has 0 aromatic carbocycles. The van der Waals surface area contributed by atoms with Crippen LogP contribution in [0, 0.1) is 0 Å². The Labute approximate surface area is 98.1 Å². The monoisotopic (exact) mass is 236 g/mol. The van der Waals surface area contributed by atoms with Gasteiger partial charge >= 0.3 is 5.69 Å². The highest BCUT2D eigenvalue weighted by atomic mass is 16.1. The van der Waals surface area contributed by atoms with Crippen LogP contribution in [0.1, 0.15) is 19.8 Å². The van der Waals surface area contributed by atoms with Gasteiger partial charge in [-0.15, -0.1) is 0 Å². The third-order valence-electron chi connectivity index (χ3n) is 2.55. The van der Waals surface area contributed by atoms with E-state index in [-0.39, 0.29) is 5.69 Å². The Morgan fingerprint density at radius 2 is 2.47 bits per heavy atom. The first-order valence-corrected chi connectivity index (χ1v) is 5.60. The van der Waals surface area contributed by atoms with E-state index in [0.29, 0.717) is 24.1 Å². The van der Waals surface area contributed by atoms with Crippen LogP contribution in [-0.4, -0.2) is 32.2 Å². The van der Waals surface area contributed by atoms with Gasteiger partial charge in [0.05, 0.1) is 0 Å². The molecular formula is C10H16N6O. The van der Waals surface area contributed by atoms with E-state index in [1.54, 1.807) is 6.07 Å². The number of aromatic nitrogens is 4. The summed E-state index contributed by atoms with van der Waals surface area (Å²) in [7, 11) is 0. The first-order valence-electron chi connectivity index (χ1n) is 5.60. The molecule has 7 nitrogen and oxygen atoms in total. The molecule has 1 atom stereocenters. The molecule has 2 rings (SSSR count). The molecule has 4 N–H and O–H groups in total. The van der Waals surface area contributed by atoms with Crippen molar-refractivity contribution >= 4 is 11.5 Å². The van der Waals surface area contributed by atoms with Crippen LogP contribution < -0.4 is 16.7 Å². The lowest BCUT2D eigenvalue weighted by atomic mass is 10.2. The minimum atomic E-state index is -0.282. The molecule has 0 amide bonds. The van der Waals surface area contributed by atoms with Gasteiger partial charge in [-0.3, -0.25) is 0 Å². The Morgan fingerprint density at radius 1 is 1.65 bits per heavy atom. The lowest BCUT2D eigenvalue weighted by Crippen LogP contribution is -2.18. The molecular weight excluding hydrogens is 220 g/mol. The molecule has 0 aliphatic carbocycles. The van der Waals surface area contributed by atoms with Crippen LogP contribution in [0.15, 0.2) is 17.2 Å². The highest BCUT2D eigenvalue weighted by Crippen LogP contribution is 2.08. The van der Waals surface area contributed by atoms with Crippen LogP contribution in [0.2, 0.25) is 0 Å². The highest BCUT2D eigenvalue weighted by molar-refractivity contribution is 5.48. The summed E-state index contributed by atoms with van der Waals surface area (Å²) in [6.45, 7) is 2.76. The average molecular weight is 236 g/mol. The molecule has 1 unspecified atom stereocenters. The van der Waals surface area contributed by atoms with Crippen LogP contribution in [0.3, 0.4) is 0 Å². The average Bonchev–Trinajstić information content (AvgIpc) is 2.68. The maximum atomic E-state index is 11.2. The van der Waals surface area contributed by atoms with Crippen molar-refractivity contribution in [2.45, 2.75) is 25.8 Å². The Kier molecular flexibility index (Phi) is 3.38. The molecule has 2 heterocycles. The maximum absolute atomic E-state index is 11.2. The fourth-order valence-corrected chi connectivity index (χ4v) is 1.64. The minimum absolute atomic E-state index is 0.282. The number of anilines is 1. The fraction of sp³-hybridized carbons (Fsp3) is 0.500. The van der Waals surface area contributed by atoms with Gasteiger partial charge in [0.15, 0.2) is 5.65 Å². The summed E-state index contributed by atoms with van der Waals surface area (Å²) in [5.74, 6) is 0.709. The number of aromatic amines is 1. The van der Waals surface area contributed by atoms with Crippen molar-refractivity contribution in [2.75, 3.05) is 11.9 Å². The third-order valence-corrected chi connectivity index (χ3v) is 2.55. The van der Waals surface area contributed by atoms with Crippen LogP contribution in [0.4, 0.5) is 5.82 Å². The van der Waals surface area contributed by atoms with Crippen molar-refractivity contribution in [1.29, 1.82) is 0 Å². The van der Waals surface area contributed by atoms with Gasteiger partial charge in [-0.05, 0) is 26.3 Å². The van der Waals surface area contributed by atoms with Gasteiger partial charge in [0.1, 0.15) is 12.1 Å². The van der Waals surface area contributed by atoms with Crippen molar-refractivity contribution in [3.8, 4) is 0 Å². The normalized spacial score (nSPS) is 12.8. The molecule has 0 bridgehead atoms. The van der Waals surface area contributed by atoms with E-state index in [9.17, 15) is 4.79 Å². The number of H-pyrrole nitrogens is 1. The second kappa shape index (κ2) is 4.96.